The largest absolute Gasteiger partial charge is 0.348 e. The van der Waals surface area contributed by atoms with Crippen LogP contribution in [0.2, 0.25) is 0 Å². The molecule has 2 N–H and O–H groups in total. The van der Waals surface area contributed by atoms with Gasteiger partial charge < -0.3 is 10.6 Å². The highest BCUT2D eigenvalue weighted by Crippen LogP contribution is 2.26. The smallest absolute Gasteiger partial charge is 0.309 e. The van der Waals surface area contributed by atoms with Crippen molar-refractivity contribution >= 4 is 23.2 Å². The number of carbonyl (C=O) groups is 2. The van der Waals surface area contributed by atoms with E-state index in [4.69, 9.17) is 0 Å². The van der Waals surface area contributed by atoms with Gasteiger partial charge in [-0.3, -0.25) is 14.5 Å². The van der Waals surface area contributed by atoms with Gasteiger partial charge in [0.2, 0.25) is 0 Å². The van der Waals surface area contributed by atoms with Gasteiger partial charge in [-0.1, -0.05) is 13.8 Å². The molecule has 0 saturated carbocycles. The van der Waals surface area contributed by atoms with Gasteiger partial charge in [0.15, 0.2) is 0 Å². The maximum absolute atomic E-state index is 11.9. The van der Waals surface area contributed by atoms with Crippen LogP contribution in [0.3, 0.4) is 0 Å². The van der Waals surface area contributed by atoms with Crippen molar-refractivity contribution < 1.29 is 9.59 Å². The molecule has 0 spiro atoms. The average Bonchev–Trinajstić information content (AvgIpc) is 3.18. The molecule has 1 aliphatic heterocycles. The minimum Gasteiger partial charge on any atom is -0.348 e. The van der Waals surface area contributed by atoms with Crippen molar-refractivity contribution in [2.24, 2.45) is 5.92 Å². The fourth-order valence-electron chi connectivity index (χ4n) is 2.62. The number of hydrogen-bond donors (Lipinski definition) is 2. The summed E-state index contributed by atoms with van der Waals surface area (Å²) in [6.45, 7) is 7.10. The molecule has 0 radical (unpaired) electrons. The standard InChI is InChI=1S/C16H25N3O2S/c1-12(2)9-17-15(20)16(21)18-10-14(13-5-8-22-11-13)19-6-3-4-7-19/h5,8,11-12,14H,3-4,6-7,9-10H2,1-2H3,(H,17,20)(H,18,21)/t14-/m1/s1. The van der Waals surface area contributed by atoms with Crippen LogP contribution in [0.15, 0.2) is 16.8 Å². The number of carbonyl (C=O) groups excluding carboxylic acids is 2. The Morgan fingerprint density at radius 3 is 2.36 bits per heavy atom. The molecule has 1 aromatic heterocycles. The van der Waals surface area contributed by atoms with Crippen molar-refractivity contribution in [1.82, 2.24) is 15.5 Å². The van der Waals surface area contributed by atoms with Crippen LogP contribution in [0.25, 0.3) is 0 Å². The van der Waals surface area contributed by atoms with Gasteiger partial charge in [0.25, 0.3) is 0 Å². The van der Waals surface area contributed by atoms with Crippen LogP contribution < -0.4 is 10.6 Å². The summed E-state index contributed by atoms with van der Waals surface area (Å²) in [5.74, 6) is -0.751. The number of rotatable bonds is 6. The van der Waals surface area contributed by atoms with Crippen molar-refractivity contribution in [1.29, 1.82) is 0 Å². The minimum absolute atomic E-state index is 0.163. The first-order valence-electron chi connectivity index (χ1n) is 7.90. The summed E-state index contributed by atoms with van der Waals surface area (Å²) in [6, 6.07) is 2.26. The summed E-state index contributed by atoms with van der Waals surface area (Å²) in [5, 5.41) is 9.60. The highest BCUT2D eigenvalue weighted by molar-refractivity contribution is 7.07. The maximum atomic E-state index is 11.9. The Labute approximate surface area is 136 Å². The maximum Gasteiger partial charge on any atom is 0.309 e. The van der Waals surface area contributed by atoms with Gasteiger partial charge in [-0.2, -0.15) is 11.3 Å². The normalized spacial score (nSPS) is 16.7. The summed E-state index contributed by atoms with van der Waals surface area (Å²) in [7, 11) is 0. The average molecular weight is 323 g/mol. The molecule has 0 aromatic carbocycles. The van der Waals surface area contributed by atoms with Crippen molar-refractivity contribution in [2.75, 3.05) is 26.2 Å². The molecular formula is C16H25N3O2S. The Balaban J connectivity index is 1.88. The van der Waals surface area contributed by atoms with E-state index in [-0.39, 0.29) is 6.04 Å². The summed E-state index contributed by atoms with van der Waals surface area (Å²) < 4.78 is 0. The van der Waals surface area contributed by atoms with Crippen LogP contribution in [0.4, 0.5) is 0 Å². The van der Waals surface area contributed by atoms with E-state index in [0.29, 0.717) is 19.0 Å². The summed E-state index contributed by atoms with van der Waals surface area (Å²) in [5.41, 5.74) is 1.22. The number of hydrogen-bond acceptors (Lipinski definition) is 4. The number of nitrogens with one attached hydrogen (secondary N) is 2. The Kier molecular flexibility index (Phi) is 6.39. The van der Waals surface area contributed by atoms with Crippen molar-refractivity contribution in [2.45, 2.75) is 32.7 Å². The van der Waals surface area contributed by atoms with E-state index in [2.05, 4.69) is 32.4 Å². The van der Waals surface area contributed by atoms with Crippen LogP contribution in [-0.2, 0) is 9.59 Å². The summed E-state index contributed by atoms with van der Waals surface area (Å²) >= 11 is 1.66. The zero-order chi connectivity index (χ0) is 15.9. The molecular weight excluding hydrogens is 298 g/mol. The number of amides is 2. The Bertz CT molecular complexity index is 482. The number of thiophene rings is 1. The Hall–Kier alpha value is -1.40. The first-order valence-corrected chi connectivity index (χ1v) is 8.84. The number of nitrogens with zero attached hydrogens (tertiary/aromatic N) is 1. The lowest BCUT2D eigenvalue weighted by molar-refractivity contribution is -0.139. The third kappa shape index (κ3) is 4.81. The van der Waals surface area contributed by atoms with Crippen LogP contribution in [0.5, 0.6) is 0 Å². The highest BCUT2D eigenvalue weighted by Gasteiger charge is 2.25. The Morgan fingerprint density at radius 1 is 1.18 bits per heavy atom. The van der Waals surface area contributed by atoms with E-state index in [1.165, 1.54) is 18.4 Å². The molecule has 1 saturated heterocycles. The summed E-state index contributed by atoms with van der Waals surface area (Å²) in [6.07, 6.45) is 2.40. The van der Waals surface area contributed by atoms with Crippen LogP contribution >= 0.6 is 11.3 Å². The molecule has 22 heavy (non-hydrogen) atoms. The lowest BCUT2D eigenvalue weighted by Gasteiger charge is -2.27. The van der Waals surface area contributed by atoms with Crippen LogP contribution in [0, 0.1) is 5.92 Å². The van der Waals surface area contributed by atoms with E-state index in [0.717, 1.165) is 13.1 Å². The fourth-order valence-corrected chi connectivity index (χ4v) is 3.33. The van der Waals surface area contributed by atoms with E-state index in [1.807, 2.05) is 13.8 Å². The van der Waals surface area contributed by atoms with Gasteiger partial charge in [-0.15, -0.1) is 0 Å². The van der Waals surface area contributed by atoms with Gasteiger partial charge in [0.1, 0.15) is 0 Å². The third-order valence-corrected chi connectivity index (χ3v) is 4.54. The van der Waals surface area contributed by atoms with Crippen molar-refractivity contribution in [3.8, 4) is 0 Å². The molecule has 0 aliphatic carbocycles. The van der Waals surface area contributed by atoms with Crippen molar-refractivity contribution in [3.05, 3.63) is 22.4 Å². The molecule has 1 atom stereocenters. The molecule has 0 bridgehead atoms. The van der Waals surface area contributed by atoms with Crippen LogP contribution in [0.1, 0.15) is 38.3 Å². The lowest BCUT2D eigenvalue weighted by Crippen LogP contribution is -2.44. The SMILES string of the molecule is CC(C)CNC(=O)C(=O)NC[C@H](c1ccsc1)N1CCCC1. The second-order valence-electron chi connectivity index (χ2n) is 6.13. The highest BCUT2D eigenvalue weighted by atomic mass is 32.1. The molecule has 1 aromatic rings. The van der Waals surface area contributed by atoms with E-state index < -0.39 is 11.8 Å². The predicted molar refractivity (Wildman–Crippen MR) is 88.7 cm³/mol. The molecule has 1 aliphatic rings. The zero-order valence-electron chi connectivity index (χ0n) is 13.3. The molecule has 122 valence electrons. The molecule has 5 nitrogen and oxygen atoms in total. The monoisotopic (exact) mass is 323 g/mol. The van der Waals surface area contributed by atoms with E-state index in [9.17, 15) is 9.59 Å². The van der Waals surface area contributed by atoms with E-state index in [1.54, 1.807) is 11.3 Å². The second-order valence-corrected chi connectivity index (χ2v) is 6.91. The van der Waals surface area contributed by atoms with Gasteiger partial charge >= 0.3 is 11.8 Å². The molecule has 2 heterocycles. The predicted octanol–water partition coefficient (Wildman–Crippen LogP) is 1.77. The molecule has 0 unspecified atom stereocenters. The molecule has 2 rings (SSSR count). The van der Waals surface area contributed by atoms with Gasteiger partial charge in [0.05, 0.1) is 6.04 Å². The van der Waals surface area contributed by atoms with Gasteiger partial charge in [-0.25, -0.2) is 0 Å². The van der Waals surface area contributed by atoms with Gasteiger partial charge in [-0.05, 0) is 54.2 Å². The first kappa shape index (κ1) is 17.0. The Morgan fingerprint density at radius 2 is 1.82 bits per heavy atom. The second kappa shape index (κ2) is 8.29. The third-order valence-electron chi connectivity index (χ3n) is 3.84. The van der Waals surface area contributed by atoms with Crippen molar-refractivity contribution in [3.63, 3.8) is 0 Å². The zero-order valence-corrected chi connectivity index (χ0v) is 14.1. The molecule has 6 heteroatoms. The van der Waals surface area contributed by atoms with E-state index >= 15 is 0 Å². The quantitative estimate of drug-likeness (QED) is 0.785. The van der Waals surface area contributed by atoms with Gasteiger partial charge in [0, 0.05) is 13.1 Å². The van der Waals surface area contributed by atoms with Crippen LogP contribution in [-0.4, -0.2) is 42.9 Å². The summed E-state index contributed by atoms with van der Waals surface area (Å²) in [4.78, 5) is 26.0. The fraction of sp³-hybridized carbons (Fsp3) is 0.625. The first-order chi connectivity index (χ1) is 10.6. The molecule has 2 amide bonds. The number of likely N-dealkylation sites (tertiary alicyclic amines) is 1. The lowest BCUT2D eigenvalue weighted by atomic mass is 10.1. The molecule has 1 fully saturated rings. The topological polar surface area (TPSA) is 61.4 Å². The minimum atomic E-state index is -0.542.